The van der Waals surface area contributed by atoms with Crippen molar-refractivity contribution in [1.29, 1.82) is 0 Å². The summed E-state index contributed by atoms with van der Waals surface area (Å²) >= 11 is 3.06. The molecule has 106 valence electrons. The Hall–Kier alpha value is -0.480. The molecule has 2 atom stereocenters. The van der Waals surface area contributed by atoms with E-state index < -0.39 is 17.2 Å². The van der Waals surface area contributed by atoms with E-state index >= 15 is 0 Å². The lowest BCUT2D eigenvalue weighted by Gasteiger charge is -2.37. The van der Waals surface area contributed by atoms with E-state index in [0.29, 0.717) is 18.8 Å². The fourth-order valence-electron chi connectivity index (χ4n) is 3.03. The van der Waals surface area contributed by atoms with Crippen LogP contribution in [-0.4, -0.2) is 10.7 Å². The number of hydrogen-bond donors (Lipinski definition) is 1. The zero-order valence-corrected chi connectivity index (χ0v) is 12.6. The molecule has 0 saturated heterocycles. The van der Waals surface area contributed by atoms with Crippen LogP contribution in [0.15, 0.2) is 16.6 Å². The zero-order chi connectivity index (χ0) is 14.0. The number of benzene rings is 1. The molecule has 2 rings (SSSR count). The molecule has 0 spiro atoms. The molecule has 1 fully saturated rings. The topological polar surface area (TPSA) is 20.2 Å². The number of hydrogen-bond acceptors (Lipinski definition) is 1. The van der Waals surface area contributed by atoms with Gasteiger partial charge in [-0.15, -0.1) is 0 Å². The second-order valence-corrected chi connectivity index (χ2v) is 6.45. The van der Waals surface area contributed by atoms with E-state index in [2.05, 4.69) is 22.9 Å². The van der Waals surface area contributed by atoms with Crippen molar-refractivity contribution in [3.63, 3.8) is 0 Å². The summed E-state index contributed by atoms with van der Waals surface area (Å²) in [6.07, 6.45) is 4.34. The minimum atomic E-state index is -0.971. The van der Waals surface area contributed by atoms with Crippen LogP contribution in [0, 0.1) is 17.6 Å². The molecule has 1 saturated carbocycles. The Morgan fingerprint density at radius 3 is 2.84 bits per heavy atom. The summed E-state index contributed by atoms with van der Waals surface area (Å²) in [4.78, 5) is 0. The van der Waals surface area contributed by atoms with Gasteiger partial charge in [0, 0.05) is 12.0 Å². The van der Waals surface area contributed by atoms with Crippen LogP contribution >= 0.6 is 15.9 Å². The molecule has 1 nitrogen and oxygen atoms in total. The van der Waals surface area contributed by atoms with Crippen LogP contribution in [0.5, 0.6) is 0 Å². The Morgan fingerprint density at radius 1 is 1.42 bits per heavy atom. The van der Waals surface area contributed by atoms with Gasteiger partial charge in [-0.05, 0) is 46.8 Å². The molecule has 0 amide bonds. The summed E-state index contributed by atoms with van der Waals surface area (Å²) in [5.41, 5.74) is -0.977. The summed E-state index contributed by atoms with van der Waals surface area (Å²) in [7, 11) is 0. The molecule has 0 aromatic heterocycles. The Bertz CT molecular complexity index is 464. The lowest BCUT2D eigenvalue weighted by Crippen LogP contribution is -2.38. The Balaban J connectivity index is 2.23. The summed E-state index contributed by atoms with van der Waals surface area (Å²) in [5, 5.41) is 10.6. The SMILES string of the molecule is CCC1CCCC(O)(Cc2c(F)ccc(Br)c2F)C1. The van der Waals surface area contributed by atoms with Gasteiger partial charge < -0.3 is 5.11 Å². The fraction of sp³-hybridized carbons (Fsp3) is 0.600. The first-order valence-corrected chi connectivity index (χ1v) is 7.59. The van der Waals surface area contributed by atoms with Gasteiger partial charge in [0.2, 0.25) is 0 Å². The van der Waals surface area contributed by atoms with Gasteiger partial charge in [-0.3, -0.25) is 0 Å². The average Bonchev–Trinajstić information content (AvgIpc) is 2.39. The van der Waals surface area contributed by atoms with Crippen LogP contribution in [0.25, 0.3) is 0 Å². The maximum Gasteiger partial charge on any atom is 0.143 e. The summed E-state index contributed by atoms with van der Waals surface area (Å²) in [6.45, 7) is 2.09. The van der Waals surface area contributed by atoms with Crippen molar-refractivity contribution in [2.75, 3.05) is 0 Å². The molecular weight excluding hydrogens is 314 g/mol. The van der Waals surface area contributed by atoms with Gasteiger partial charge in [-0.2, -0.15) is 0 Å². The summed E-state index contributed by atoms with van der Waals surface area (Å²) < 4.78 is 28.0. The third-order valence-corrected chi connectivity index (χ3v) is 4.76. The van der Waals surface area contributed by atoms with Crippen molar-refractivity contribution in [3.8, 4) is 0 Å². The first-order valence-electron chi connectivity index (χ1n) is 6.80. The normalized spacial score (nSPS) is 27.5. The zero-order valence-electron chi connectivity index (χ0n) is 11.1. The quantitative estimate of drug-likeness (QED) is 0.802. The molecule has 0 aliphatic heterocycles. The molecular formula is C15H19BrF2O. The fourth-order valence-corrected chi connectivity index (χ4v) is 3.40. The van der Waals surface area contributed by atoms with E-state index in [4.69, 9.17) is 0 Å². The van der Waals surface area contributed by atoms with Crippen LogP contribution < -0.4 is 0 Å². The molecule has 19 heavy (non-hydrogen) atoms. The summed E-state index contributed by atoms with van der Waals surface area (Å²) in [5.74, 6) is -0.711. The largest absolute Gasteiger partial charge is 0.390 e. The highest BCUT2D eigenvalue weighted by atomic mass is 79.9. The number of aliphatic hydroxyl groups is 1. The van der Waals surface area contributed by atoms with Crippen molar-refractivity contribution < 1.29 is 13.9 Å². The molecule has 0 heterocycles. The van der Waals surface area contributed by atoms with E-state index in [1.54, 1.807) is 0 Å². The predicted molar refractivity (Wildman–Crippen MR) is 75.0 cm³/mol. The monoisotopic (exact) mass is 332 g/mol. The Labute approximate surface area is 121 Å². The lowest BCUT2D eigenvalue weighted by atomic mass is 9.74. The third-order valence-electron chi connectivity index (χ3n) is 4.15. The van der Waals surface area contributed by atoms with E-state index in [-0.39, 0.29) is 16.5 Å². The van der Waals surface area contributed by atoms with E-state index in [9.17, 15) is 13.9 Å². The van der Waals surface area contributed by atoms with Gasteiger partial charge in [0.05, 0.1) is 10.1 Å². The van der Waals surface area contributed by atoms with Crippen LogP contribution in [0.4, 0.5) is 8.78 Å². The van der Waals surface area contributed by atoms with Gasteiger partial charge in [0.15, 0.2) is 0 Å². The van der Waals surface area contributed by atoms with Gasteiger partial charge >= 0.3 is 0 Å². The van der Waals surface area contributed by atoms with Crippen LogP contribution in [0.2, 0.25) is 0 Å². The van der Waals surface area contributed by atoms with Crippen LogP contribution in [0.3, 0.4) is 0 Å². The molecule has 1 aromatic carbocycles. The lowest BCUT2D eigenvalue weighted by molar-refractivity contribution is -0.0174. The highest BCUT2D eigenvalue weighted by Crippen LogP contribution is 2.37. The first kappa shape index (κ1) is 14.9. The van der Waals surface area contributed by atoms with Crippen molar-refractivity contribution >= 4 is 15.9 Å². The Morgan fingerprint density at radius 2 is 2.16 bits per heavy atom. The van der Waals surface area contributed by atoms with Crippen molar-refractivity contribution in [2.24, 2.45) is 5.92 Å². The highest BCUT2D eigenvalue weighted by Gasteiger charge is 2.35. The second-order valence-electron chi connectivity index (χ2n) is 5.59. The minimum absolute atomic E-state index is 0.00590. The number of rotatable bonds is 3. The highest BCUT2D eigenvalue weighted by molar-refractivity contribution is 9.10. The van der Waals surface area contributed by atoms with E-state index in [1.165, 1.54) is 12.1 Å². The smallest absolute Gasteiger partial charge is 0.143 e. The summed E-state index contributed by atoms with van der Waals surface area (Å²) in [6, 6.07) is 2.60. The van der Waals surface area contributed by atoms with Crippen molar-refractivity contribution in [3.05, 3.63) is 33.8 Å². The van der Waals surface area contributed by atoms with E-state index in [0.717, 1.165) is 19.3 Å². The second kappa shape index (κ2) is 5.88. The maximum absolute atomic E-state index is 14.0. The van der Waals surface area contributed by atoms with Crippen LogP contribution in [-0.2, 0) is 6.42 Å². The van der Waals surface area contributed by atoms with Crippen LogP contribution in [0.1, 0.15) is 44.6 Å². The van der Waals surface area contributed by atoms with Gasteiger partial charge in [-0.25, -0.2) is 8.78 Å². The van der Waals surface area contributed by atoms with Gasteiger partial charge in [0.25, 0.3) is 0 Å². The van der Waals surface area contributed by atoms with E-state index in [1.807, 2.05) is 0 Å². The van der Waals surface area contributed by atoms with Crippen molar-refractivity contribution in [2.45, 2.75) is 51.0 Å². The molecule has 2 unspecified atom stereocenters. The number of halogens is 3. The molecule has 1 aliphatic carbocycles. The minimum Gasteiger partial charge on any atom is -0.390 e. The Kier molecular flexibility index (Phi) is 4.62. The van der Waals surface area contributed by atoms with Crippen molar-refractivity contribution in [1.82, 2.24) is 0 Å². The third kappa shape index (κ3) is 3.34. The molecule has 0 radical (unpaired) electrons. The first-order chi connectivity index (χ1) is 8.95. The molecule has 4 heteroatoms. The van der Waals surface area contributed by atoms with Gasteiger partial charge in [-0.1, -0.05) is 26.2 Å². The standard InChI is InChI=1S/C15H19BrF2O/c1-2-10-4-3-7-15(19,8-10)9-11-13(17)6-5-12(16)14(11)18/h5-6,10,19H,2-4,7-9H2,1H3. The molecule has 1 N–H and O–H groups in total. The molecule has 1 aromatic rings. The van der Waals surface area contributed by atoms with Gasteiger partial charge in [0.1, 0.15) is 11.6 Å². The maximum atomic E-state index is 14.0. The molecule has 1 aliphatic rings. The predicted octanol–water partition coefficient (Wildman–Crippen LogP) is 4.60. The average molecular weight is 333 g/mol. The molecule has 0 bridgehead atoms.